The van der Waals surface area contributed by atoms with Crippen molar-refractivity contribution in [1.82, 2.24) is 4.98 Å². The van der Waals surface area contributed by atoms with Gasteiger partial charge in [-0.3, -0.25) is 4.79 Å². The van der Waals surface area contributed by atoms with Crippen LogP contribution in [0.3, 0.4) is 0 Å². The monoisotopic (exact) mass is 345 g/mol. The van der Waals surface area contributed by atoms with E-state index in [1.807, 2.05) is 0 Å². The summed E-state index contributed by atoms with van der Waals surface area (Å²) in [5, 5.41) is 9.31. The molecular formula is C16H15N3O4S. The predicted octanol–water partition coefficient (Wildman–Crippen LogP) is 2.14. The number of ether oxygens (including phenoxy) is 2. The predicted molar refractivity (Wildman–Crippen MR) is 91.6 cm³/mol. The molecule has 124 valence electrons. The van der Waals surface area contributed by atoms with Gasteiger partial charge < -0.3 is 26.0 Å². The molecule has 0 aliphatic heterocycles. The number of hydrogen-bond donors (Lipinski definition) is 3. The van der Waals surface area contributed by atoms with Gasteiger partial charge in [0.1, 0.15) is 33.6 Å². The molecule has 0 unspecified atom stereocenters. The summed E-state index contributed by atoms with van der Waals surface area (Å²) in [6, 6.07) is 8.60. The number of carbonyl (C=O) groups excluding carboxylic acids is 1. The van der Waals surface area contributed by atoms with Gasteiger partial charge in [0.05, 0.1) is 17.7 Å². The maximum absolute atomic E-state index is 11.4. The number of primary amides is 1. The molecule has 3 aromatic rings. The first-order valence-corrected chi connectivity index (χ1v) is 7.90. The van der Waals surface area contributed by atoms with Gasteiger partial charge in [0.25, 0.3) is 5.91 Å². The third-order valence-electron chi connectivity index (χ3n) is 3.23. The van der Waals surface area contributed by atoms with Gasteiger partial charge in [-0.2, -0.15) is 0 Å². The van der Waals surface area contributed by atoms with Crippen LogP contribution in [0.4, 0.5) is 5.69 Å². The number of nitrogens with zero attached hydrogens (tertiary/aromatic N) is 1. The van der Waals surface area contributed by atoms with E-state index in [1.54, 1.807) is 36.5 Å². The van der Waals surface area contributed by atoms with E-state index < -0.39 is 5.91 Å². The number of rotatable bonds is 6. The highest BCUT2D eigenvalue weighted by atomic mass is 32.1. The molecule has 0 bridgehead atoms. The molecule has 2 aromatic heterocycles. The number of hydrogen-bond acceptors (Lipinski definition) is 7. The Bertz CT molecular complexity index is 877. The second-order valence-electron chi connectivity index (χ2n) is 4.84. The highest BCUT2D eigenvalue weighted by molar-refractivity contribution is 7.21. The second kappa shape index (κ2) is 6.73. The highest BCUT2D eigenvalue weighted by Crippen LogP contribution is 2.39. The van der Waals surface area contributed by atoms with E-state index in [9.17, 15) is 4.79 Å². The highest BCUT2D eigenvalue weighted by Gasteiger charge is 2.18. The third-order valence-corrected chi connectivity index (χ3v) is 4.35. The normalized spacial score (nSPS) is 10.7. The Labute approximate surface area is 141 Å². The third kappa shape index (κ3) is 3.10. The summed E-state index contributed by atoms with van der Waals surface area (Å²) in [5.74, 6) is 1.10. The average molecular weight is 345 g/mol. The van der Waals surface area contributed by atoms with Crippen LogP contribution >= 0.6 is 11.3 Å². The zero-order valence-corrected chi connectivity index (χ0v) is 13.4. The van der Waals surface area contributed by atoms with Crippen LogP contribution in [0, 0.1) is 0 Å². The van der Waals surface area contributed by atoms with E-state index in [2.05, 4.69) is 4.98 Å². The largest absolute Gasteiger partial charge is 0.491 e. The number of fused-ring (bicyclic) bond motifs is 1. The van der Waals surface area contributed by atoms with Crippen molar-refractivity contribution in [3.63, 3.8) is 0 Å². The number of thiophene rings is 1. The topological polar surface area (TPSA) is 121 Å². The van der Waals surface area contributed by atoms with Crippen LogP contribution in [0.25, 0.3) is 10.2 Å². The molecule has 0 fully saturated rings. The Morgan fingerprint density at radius 3 is 2.58 bits per heavy atom. The first kappa shape index (κ1) is 16.0. The second-order valence-corrected chi connectivity index (χ2v) is 5.84. The van der Waals surface area contributed by atoms with Gasteiger partial charge in [-0.05, 0) is 30.3 Å². The minimum atomic E-state index is -0.591. The average Bonchev–Trinajstić information content (AvgIpc) is 2.92. The van der Waals surface area contributed by atoms with Crippen molar-refractivity contribution in [2.75, 3.05) is 18.9 Å². The number of benzene rings is 1. The van der Waals surface area contributed by atoms with Gasteiger partial charge in [-0.1, -0.05) is 0 Å². The Morgan fingerprint density at radius 2 is 1.92 bits per heavy atom. The summed E-state index contributed by atoms with van der Waals surface area (Å²) < 4.78 is 11.1. The Hall–Kier alpha value is -2.84. The lowest BCUT2D eigenvalue weighted by molar-refractivity contribution is 0.100. The lowest BCUT2D eigenvalue weighted by atomic mass is 10.2. The number of amides is 1. The maximum atomic E-state index is 11.4. The Kier molecular flexibility index (Phi) is 4.50. The van der Waals surface area contributed by atoms with Gasteiger partial charge in [0.15, 0.2) is 0 Å². The van der Waals surface area contributed by atoms with Crippen LogP contribution in [-0.2, 0) is 0 Å². The number of aromatic nitrogens is 1. The summed E-state index contributed by atoms with van der Waals surface area (Å²) in [5.41, 5.74) is 11.6. The lowest BCUT2D eigenvalue weighted by Gasteiger charge is -2.09. The van der Waals surface area contributed by atoms with Crippen molar-refractivity contribution in [3.8, 4) is 17.2 Å². The number of aliphatic hydroxyl groups is 1. The molecule has 0 saturated heterocycles. The molecule has 1 aromatic carbocycles. The van der Waals surface area contributed by atoms with Gasteiger partial charge in [-0.15, -0.1) is 11.3 Å². The molecule has 0 spiro atoms. The fourth-order valence-corrected chi connectivity index (χ4v) is 3.11. The van der Waals surface area contributed by atoms with Gasteiger partial charge in [-0.25, -0.2) is 4.98 Å². The molecule has 0 saturated carbocycles. The number of aliphatic hydroxyl groups excluding tert-OH is 1. The molecule has 0 atom stereocenters. The molecule has 0 radical (unpaired) electrons. The maximum Gasteiger partial charge on any atom is 0.260 e. The SMILES string of the molecule is NC(=O)c1sc2nccc(Oc3ccc(OCCO)cc3)c2c1N. The molecule has 8 heteroatoms. The van der Waals surface area contributed by atoms with Gasteiger partial charge in [0.2, 0.25) is 0 Å². The van der Waals surface area contributed by atoms with Crippen molar-refractivity contribution >= 4 is 33.1 Å². The van der Waals surface area contributed by atoms with E-state index in [4.69, 9.17) is 26.0 Å². The van der Waals surface area contributed by atoms with Crippen LogP contribution < -0.4 is 20.9 Å². The summed E-state index contributed by atoms with van der Waals surface area (Å²) in [6.07, 6.45) is 1.58. The minimum Gasteiger partial charge on any atom is -0.491 e. The molecular weight excluding hydrogens is 330 g/mol. The summed E-state index contributed by atoms with van der Waals surface area (Å²) in [7, 11) is 0. The van der Waals surface area contributed by atoms with Crippen molar-refractivity contribution in [2.24, 2.45) is 5.73 Å². The van der Waals surface area contributed by atoms with Crippen LogP contribution in [0.15, 0.2) is 36.5 Å². The molecule has 1 amide bonds. The molecule has 7 nitrogen and oxygen atoms in total. The summed E-state index contributed by atoms with van der Waals surface area (Å²) >= 11 is 1.13. The van der Waals surface area contributed by atoms with Crippen LogP contribution in [0.1, 0.15) is 9.67 Å². The minimum absolute atomic E-state index is 0.0487. The molecule has 0 aliphatic rings. The fourth-order valence-electron chi connectivity index (χ4n) is 2.18. The number of pyridine rings is 1. The Morgan fingerprint density at radius 1 is 1.21 bits per heavy atom. The Balaban J connectivity index is 1.91. The van der Waals surface area contributed by atoms with Crippen molar-refractivity contribution in [3.05, 3.63) is 41.4 Å². The molecule has 2 heterocycles. The summed E-state index contributed by atoms with van der Waals surface area (Å²) in [4.78, 5) is 16.5. The van der Waals surface area contributed by atoms with E-state index in [0.29, 0.717) is 27.5 Å². The van der Waals surface area contributed by atoms with Gasteiger partial charge in [0, 0.05) is 6.20 Å². The van der Waals surface area contributed by atoms with Crippen LogP contribution in [-0.4, -0.2) is 29.2 Å². The van der Waals surface area contributed by atoms with Crippen LogP contribution in [0.2, 0.25) is 0 Å². The van der Waals surface area contributed by atoms with Crippen molar-refractivity contribution < 1.29 is 19.4 Å². The van der Waals surface area contributed by atoms with Crippen molar-refractivity contribution in [1.29, 1.82) is 0 Å². The number of nitrogens with two attached hydrogens (primary N) is 2. The van der Waals surface area contributed by atoms with Gasteiger partial charge >= 0.3 is 0 Å². The molecule has 0 aliphatic carbocycles. The first-order chi connectivity index (χ1) is 11.6. The molecule has 5 N–H and O–H groups in total. The molecule has 24 heavy (non-hydrogen) atoms. The van der Waals surface area contributed by atoms with E-state index in [-0.39, 0.29) is 23.8 Å². The zero-order valence-electron chi connectivity index (χ0n) is 12.6. The van der Waals surface area contributed by atoms with Crippen molar-refractivity contribution in [2.45, 2.75) is 0 Å². The van der Waals surface area contributed by atoms with E-state index >= 15 is 0 Å². The number of nitrogen functional groups attached to an aromatic ring is 1. The van der Waals surface area contributed by atoms with E-state index in [0.717, 1.165) is 11.3 Å². The van der Waals surface area contributed by atoms with E-state index in [1.165, 1.54) is 0 Å². The fraction of sp³-hybridized carbons (Fsp3) is 0.125. The zero-order chi connectivity index (χ0) is 17.1. The molecule has 3 rings (SSSR count). The lowest BCUT2D eigenvalue weighted by Crippen LogP contribution is -2.10. The number of anilines is 1. The first-order valence-electron chi connectivity index (χ1n) is 7.08. The number of carbonyl (C=O) groups is 1. The summed E-state index contributed by atoms with van der Waals surface area (Å²) in [6.45, 7) is 0.180. The quantitative estimate of drug-likeness (QED) is 0.629. The van der Waals surface area contributed by atoms with Crippen LogP contribution in [0.5, 0.6) is 17.2 Å². The smallest absolute Gasteiger partial charge is 0.260 e. The standard InChI is InChI=1S/C16H15N3O4S/c17-13-12-11(5-6-19-16(12)24-14(13)15(18)21)23-10-3-1-9(2-4-10)22-8-7-20/h1-6,20H,7-8,17H2,(H2,18,21).